The first-order valence-corrected chi connectivity index (χ1v) is 32.8. The molecule has 552 valence electrons. The summed E-state index contributed by atoms with van der Waals surface area (Å²) in [6, 6.07) is -6.57. The van der Waals surface area contributed by atoms with E-state index in [-0.39, 0.29) is 138 Å². The number of carboxylic acid groups (broad SMARTS) is 1. The third-order valence-electron chi connectivity index (χ3n) is 15.0. The van der Waals surface area contributed by atoms with E-state index in [9.17, 15) is 63.0 Å². The van der Waals surface area contributed by atoms with Gasteiger partial charge in [-0.15, -0.1) is 0 Å². The molecule has 1 aromatic carbocycles. The smallest absolute Gasteiger partial charge is 0.325 e. The van der Waals surface area contributed by atoms with E-state index >= 15 is 0 Å². The van der Waals surface area contributed by atoms with Crippen molar-refractivity contribution in [3.05, 3.63) is 35.9 Å². The van der Waals surface area contributed by atoms with Gasteiger partial charge in [0, 0.05) is 32.6 Å². The van der Waals surface area contributed by atoms with Gasteiger partial charge in [0.1, 0.15) is 60.4 Å². The van der Waals surface area contributed by atoms with E-state index in [1.807, 2.05) is 0 Å². The van der Waals surface area contributed by atoms with Crippen molar-refractivity contribution >= 4 is 88.9 Å². The molecule has 0 spiro atoms. The minimum absolute atomic E-state index is 0.00425. The minimum Gasteiger partial charge on any atom is -0.480 e. The van der Waals surface area contributed by atoms with Crippen LogP contribution in [0.15, 0.2) is 50.3 Å². The van der Waals surface area contributed by atoms with Crippen molar-refractivity contribution in [3.8, 4) is 0 Å². The highest BCUT2D eigenvalue weighted by Crippen LogP contribution is 2.15. The first-order chi connectivity index (χ1) is 45.8. The van der Waals surface area contributed by atoms with Gasteiger partial charge in [0.2, 0.25) is 59.1 Å². The number of rotatable bonds is 46. The van der Waals surface area contributed by atoms with Crippen LogP contribution in [0.1, 0.15) is 139 Å². The molecule has 1 rings (SSSR count). The summed E-state index contributed by atoms with van der Waals surface area (Å²) < 4.78 is 0. The summed E-state index contributed by atoms with van der Waals surface area (Å²) in [5.41, 5.74) is 50.8. The average molecular weight is 1390 g/mol. The number of nitrogens with two attached hydrogens (primary N) is 9. The molecule has 0 unspecified atom stereocenters. The Hall–Kier alpha value is -9.61. The molecular formula is C62H111N23O13. The number of benzene rings is 1. The molecule has 0 radical (unpaired) electrons. The van der Waals surface area contributed by atoms with Crippen LogP contribution in [-0.2, 0) is 59.2 Å². The maximum Gasteiger partial charge on any atom is 0.325 e. The Balaban J connectivity index is 3.71. The molecule has 1 aromatic rings. The van der Waals surface area contributed by atoms with Crippen molar-refractivity contribution in [1.82, 2.24) is 53.2 Å². The van der Waals surface area contributed by atoms with Gasteiger partial charge in [-0.05, 0) is 107 Å². The summed E-state index contributed by atoms with van der Waals surface area (Å²) in [6.45, 7) is 16.3. The highest BCUT2D eigenvalue weighted by Gasteiger charge is 2.38. The molecule has 98 heavy (non-hydrogen) atoms. The molecule has 0 fully saturated rings. The number of aliphatic carboxylic acids is 1. The lowest BCUT2D eigenvalue weighted by Gasteiger charge is -2.30. The SMILES string of the molecule is CC(C)C[C@H](NC(=O)[C@H](Cc1ccccc1)NC(=O)[C@H](CCCN=C(N)N)NC(=O)[C@H](CCCN=C(N)N)NC(=O)[C@@H](N)C(C)C)C(=O)N[C@H](C(=O)N[C@H](C(=O)N[C@@H](CC(C)C)C(=O)N[C@@H](CCCN=C(N)N)C(=O)N[C@@H](CCCN=C(N)N)C(=O)N[C@@H](C)C(=O)O)[C@@H](C)O)C(C)C. The Morgan fingerprint density at radius 1 is 0.378 bits per heavy atom. The fourth-order valence-corrected chi connectivity index (χ4v) is 9.56. The predicted octanol–water partition coefficient (Wildman–Crippen LogP) is -5.49. The van der Waals surface area contributed by atoms with Crippen LogP contribution in [0.4, 0.5) is 0 Å². The van der Waals surface area contributed by atoms with Gasteiger partial charge in [-0.25, -0.2) is 0 Å². The summed E-state index contributed by atoms with van der Waals surface area (Å²) >= 11 is 0. The summed E-state index contributed by atoms with van der Waals surface area (Å²) in [5, 5.41) is 46.7. The van der Waals surface area contributed by atoms with E-state index in [1.165, 1.54) is 13.8 Å². The minimum atomic E-state index is -1.77. The average Bonchev–Trinajstić information content (AvgIpc) is 0.875. The Labute approximate surface area is 572 Å². The molecule has 0 saturated carbocycles. The molecule has 0 aliphatic heterocycles. The second-order valence-electron chi connectivity index (χ2n) is 25.5. The number of nitrogens with zero attached hydrogens (tertiary/aromatic N) is 4. The van der Waals surface area contributed by atoms with Crippen molar-refractivity contribution in [1.29, 1.82) is 0 Å². The van der Waals surface area contributed by atoms with Crippen molar-refractivity contribution in [2.75, 3.05) is 26.2 Å². The molecule has 36 heteroatoms. The zero-order valence-electron chi connectivity index (χ0n) is 58.1. The van der Waals surface area contributed by atoms with Crippen LogP contribution in [0.2, 0.25) is 0 Å². The van der Waals surface area contributed by atoms with E-state index in [2.05, 4.69) is 73.1 Å². The van der Waals surface area contributed by atoms with Crippen molar-refractivity contribution < 1.29 is 63.0 Å². The topological polar surface area (TPSA) is 632 Å². The third kappa shape index (κ3) is 34.9. The van der Waals surface area contributed by atoms with E-state index < -0.39 is 144 Å². The monoisotopic (exact) mass is 1390 g/mol. The van der Waals surface area contributed by atoms with Crippen molar-refractivity contribution in [3.63, 3.8) is 0 Å². The third-order valence-corrected chi connectivity index (χ3v) is 15.0. The van der Waals surface area contributed by atoms with Crippen molar-refractivity contribution in [2.45, 2.75) is 212 Å². The van der Waals surface area contributed by atoms with E-state index in [0.717, 1.165) is 0 Å². The molecule has 0 heterocycles. The number of hydrogen-bond acceptors (Lipinski definition) is 17. The number of carbonyl (C=O) groups is 11. The number of aliphatic imine (C=N–C) groups is 4. The second-order valence-corrected chi connectivity index (χ2v) is 25.5. The molecular weight excluding hydrogens is 1270 g/mol. The van der Waals surface area contributed by atoms with E-state index in [1.54, 1.807) is 85.7 Å². The Bertz CT molecular complexity index is 2880. The Morgan fingerprint density at radius 3 is 1.01 bits per heavy atom. The number of guanidine groups is 4. The molecule has 0 saturated heterocycles. The van der Waals surface area contributed by atoms with Gasteiger partial charge in [-0.1, -0.05) is 85.7 Å². The fraction of sp³-hybridized carbons (Fsp3) is 0.661. The number of carboxylic acids is 1. The maximum atomic E-state index is 14.7. The quantitative estimate of drug-likeness (QED) is 0.0164. The van der Waals surface area contributed by atoms with Crippen LogP contribution in [0.5, 0.6) is 0 Å². The van der Waals surface area contributed by atoms with Crippen LogP contribution in [0.25, 0.3) is 0 Å². The van der Waals surface area contributed by atoms with Crippen LogP contribution in [0, 0.1) is 23.7 Å². The van der Waals surface area contributed by atoms with Gasteiger partial charge in [0.25, 0.3) is 0 Å². The Morgan fingerprint density at radius 2 is 0.673 bits per heavy atom. The van der Waals surface area contributed by atoms with Crippen LogP contribution < -0.4 is 105 Å². The van der Waals surface area contributed by atoms with E-state index in [0.29, 0.717) is 5.56 Å². The first kappa shape index (κ1) is 86.4. The largest absolute Gasteiger partial charge is 0.480 e. The molecule has 10 amide bonds. The number of carbonyl (C=O) groups excluding carboxylic acids is 10. The summed E-state index contributed by atoms with van der Waals surface area (Å²) in [4.78, 5) is 169. The van der Waals surface area contributed by atoms with Crippen LogP contribution >= 0.6 is 0 Å². The van der Waals surface area contributed by atoms with E-state index in [4.69, 9.17) is 51.6 Å². The lowest BCUT2D eigenvalue weighted by molar-refractivity contribution is -0.142. The molecule has 30 N–H and O–H groups in total. The van der Waals surface area contributed by atoms with Crippen LogP contribution in [0.3, 0.4) is 0 Å². The number of aliphatic hydroxyl groups is 1. The van der Waals surface area contributed by atoms with Gasteiger partial charge >= 0.3 is 5.97 Å². The zero-order chi connectivity index (χ0) is 74.5. The number of hydrogen-bond donors (Lipinski definition) is 21. The standard InChI is InChI=1S/C62H111N23O13/c1-31(2)28-42(52(91)79-39(21-15-25-73-60(66)67)49(88)77-38(20-14-24-72-59(64)65)48(87)76-35(9)58(97)98)83-57(96)47(36(10)86)85-56(95)46(34(7)8)84-54(93)43(29-32(3)4)81-53(92)44(30-37-18-12-11-13-19-37)82-51(90)40(22-16-26-74-61(68)69)78-50(89)41(23-17-27-75-62(70)71)80-55(94)45(63)33(5)6/h11-13,18-19,31-36,38-47,86H,14-17,20-30,63H2,1-10H3,(H,76,87)(H,77,88)(H,78,89)(H,79,91)(H,80,94)(H,81,92)(H,82,90)(H,83,96)(H,84,93)(H,85,95)(H,97,98)(H4,64,65,72)(H4,66,67,73)(H4,68,69,74)(H4,70,71,75)/t35-,36+,38-,39-,40-,41-,42-,43-,44-,45-,46-,47-/m0/s1. The lowest BCUT2D eigenvalue weighted by atomic mass is 9.98. The molecule has 0 aliphatic rings. The fourth-order valence-electron chi connectivity index (χ4n) is 9.56. The predicted molar refractivity (Wildman–Crippen MR) is 371 cm³/mol. The van der Waals surface area contributed by atoms with Gasteiger partial charge in [-0.2, -0.15) is 0 Å². The maximum absolute atomic E-state index is 14.7. The zero-order valence-corrected chi connectivity index (χ0v) is 58.1. The summed E-state index contributed by atoms with van der Waals surface area (Å²) in [5.74, 6) is -12.4. The first-order valence-electron chi connectivity index (χ1n) is 32.8. The molecule has 0 bridgehead atoms. The molecule has 0 aromatic heterocycles. The normalized spacial score (nSPS) is 14.8. The van der Waals surface area contributed by atoms with Crippen LogP contribution in [-0.4, -0.2) is 198 Å². The molecule has 36 nitrogen and oxygen atoms in total. The van der Waals surface area contributed by atoms with Gasteiger partial charge in [0.05, 0.1) is 12.1 Å². The number of amides is 10. The van der Waals surface area contributed by atoms with Crippen molar-refractivity contribution in [2.24, 2.45) is 95.2 Å². The Kier molecular flexibility index (Phi) is 39.7. The molecule has 0 aliphatic carbocycles. The number of aliphatic hydroxyl groups excluding tert-OH is 1. The lowest BCUT2D eigenvalue weighted by Crippen LogP contribution is -2.63. The summed E-state index contributed by atoms with van der Waals surface area (Å²) in [7, 11) is 0. The highest BCUT2D eigenvalue weighted by molar-refractivity contribution is 5.99. The van der Waals surface area contributed by atoms with Gasteiger partial charge < -0.3 is 115 Å². The van der Waals surface area contributed by atoms with Gasteiger partial charge in [-0.3, -0.25) is 72.7 Å². The molecule has 12 atom stereocenters. The van der Waals surface area contributed by atoms with Gasteiger partial charge in [0.15, 0.2) is 23.8 Å². The number of nitrogens with one attached hydrogen (secondary N) is 10. The second kappa shape index (κ2) is 45.0. The summed E-state index contributed by atoms with van der Waals surface area (Å²) in [6.07, 6.45) is -1.44. The highest BCUT2D eigenvalue weighted by atomic mass is 16.4.